The van der Waals surface area contributed by atoms with Crippen molar-refractivity contribution in [2.24, 2.45) is 0 Å². The summed E-state index contributed by atoms with van der Waals surface area (Å²) in [6.07, 6.45) is 0. The Morgan fingerprint density at radius 2 is 1.73 bits per heavy atom. The zero-order chi connectivity index (χ0) is 21.3. The number of carbonyl (C=O) groups is 1. The average Bonchev–Trinajstić information content (AvgIpc) is 3.29. The SMILES string of the molecule is Cc1cc(-c2nnc(-c3ccc(F)cc3)o2)c(C)n1CC(=O)Nc1cccc(F)c1. The molecule has 30 heavy (non-hydrogen) atoms. The number of rotatable bonds is 5. The second kappa shape index (κ2) is 7.90. The van der Waals surface area contributed by atoms with Gasteiger partial charge in [0.25, 0.3) is 0 Å². The number of nitrogens with zero attached hydrogens (tertiary/aromatic N) is 3. The molecule has 8 heteroatoms. The topological polar surface area (TPSA) is 73.0 Å². The molecule has 6 nitrogen and oxygen atoms in total. The highest BCUT2D eigenvalue weighted by atomic mass is 19.1. The predicted octanol–water partition coefficient (Wildman–Crippen LogP) is 4.74. The van der Waals surface area contributed by atoms with Crippen molar-refractivity contribution in [3.63, 3.8) is 0 Å². The van der Waals surface area contributed by atoms with Gasteiger partial charge >= 0.3 is 0 Å². The van der Waals surface area contributed by atoms with Gasteiger partial charge in [0.2, 0.25) is 17.7 Å². The zero-order valence-corrected chi connectivity index (χ0v) is 16.3. The molecule has 4 aromatic rings. The summed E-state index contributed by atoms with van der Waals surface area (Å²) >= 11 is 0. The molecule has 0 spiro atoms. The van der Waals surface area contributed by atoms with Gasteiger partial charge in [-0.1, -0.05) is 6.07 Å². The Bertz CT molecular complexity index is 1210. The van der Waals surface area contributed by atoms with E-state index in [2.05, 4.69) is 15.5 Å². The van der Waals surface area contributed by atoms with E-state index in [1.54, 1.807) is 18.2 Å². The lowest BCUT2D eigenvalue weighted by atomic mass is 10.2. The molecule has 0 aliphatic carbocycles. The van der Waals surface area contributed by atoms with Crippen molar-refractivity contribution in [1.29, 1.82) is 0 Å². The van der Waals surface area contributed by atoms with Crippen LogP contribution in [0.3, 0.4) is 0 Å². The minimum absolute atomic E-state index is 0.0487. The molecule has 2 aromatic carbocycles. The summed E-state index contributed by atoms with van der Waals surface area (Å²) in [5.74, 6) is -0.473. The summed E-state index contributed by atoms with van der Waals surface area (Å²) in [6, 6.07) is 13.3. The summed E-state index contributed by atoms with van der Waals surface area (Å²) in [4.78, 5) is 12.4. The molecule has 0 radical (unpaired) electrons. The highest BCUT2D eigenvalue weighted by Crippen LogP contribution is 2.29. The first-order chi connectivity index (χ1) is 14.4. The van der Waals surface area contributed by atoms with E-state index in [0.717, 1.165) is 11.4 Å². The Labute approximate surface area is 171 Å². The van der Waals surface area contributed by atoms with Gasteiger partial charge in [-0.05, 0) is 62.4 Å². The fraction of sp³-hybridized carbons (Fsp3) is 0.136. The van der Waals surface area contributed by atoms with Gasteiger partial charge in [0.05, 0.1) is 5.56 Å². The molecule has 0 saturated heterocycles. The van der Waals surface area contributed by atoms with Gasteiger partial charge in [-0.25, -0.2) is 8.78 Å². The number of amides is 1. The maximum atomic E-state index is 13.3. The van der Waals surface area contributed by atoms with Gasteiger partial charge < -0.3 is 14.3 Å². The van der Waals surface area contributed by atoms with Crippen LogP contribution in [0.4, 0.5) is 14.5 Å². The normalized spacial score (nSPS) is 10.9. The highest BCUT2D eigenvalue weighted by molar-refractivity contribution is 5.90. The molecule has 0 aliphatic rings. The lowest BCUT2D eigenvalue weighted by Gasteiger charge is -2.10. The van der Waals surface area contributed by atoms with Crippen molar-refractivity contribution in [3.8, 4) is 22.9 Å². The van der Waals surface area contributed by atoms with E-state index in [4.69, 9.17) is 4.42 Å². The highest BCUT2D eigenvalue weighted by Gasteiger charge is 2.18. The average molecular weight is 408 g/mol. The van der Waals surface area contributed by atoms with Crippen LogP contribution in [0.15, 0.2) is 59.0 Å². The fourth-order valence-electron chi connectivity index (χ4n) is 3.21. The molecule has 2 heterocycles. The minimum Gasteiger partial charge on any atom is -0.416 e. The summed E-state index contributed by atoms with van der Waals surface area (Å²) < 4.78 is 34.0. The van der Waals surface area contributed by atoms with Crippen LogP contribution in [0.5, 0.6) is 0 Å². The number of hydrogen-bond acceptors (Lipinski definition) is 4. The Morgan fingerprint density at radius 1 is 1.00 bits per heavy atom. The van der Waals surface area contributed by atoms with Gasteiger partial charge in [0.15, 0.2) is 0 Å². The van der Waals surface area contributed by atoms with Crippen molar-refractivity contribution in [3.05, 3.63) is 77.6 Å². The first-order valence-electron chi connectivity index (χ1n) is 9.22. The first kappa shape index (κ1) is 19.5. The number of carbonyl (C=O) groups excluding carboxylic acids is 1. The van der Waals surface area contributed by atoms with Crippen molar-refractivity contribution >= 4 is 11.6 Å². The minimum atomic E-state index is -0.420. The van der Waals surface area contributed by atoms with Crippen LogP contribution in [0.25, 0.3) is 22.9 Å². The van der Waals surface area contributed by atoms with Gasteiger partial charge in [-0.2, -0.15) is 0 Å². The van der Waals surface area contributed by atoms with E-state index >= 15 is 0 Å². The third-order valence-corrected chi connectivity index (χ3v) is 4.73. The molecule has 152 valence electrons. The maximum absolute atomic E-state index is 13.3. The van der Waals surface area contributed by atoms with Crippen molar-refractivity contribution in [2.75, 3.05) is 5.32 Å². The van der Waals surface area contributed by atoms with Crippen LogP contribution in [0.1, 0.15) is 11.4 Å². The summed E-state index contributed by atoms with van der Waals surface area (Å²) in [5, 5.41) is 10.8. The van der Waals surface area contributed by atoms with E-state index in [-0.39, 0.29) is 24.2 Å². The molecule has 4 rings (SSSR count). The molecule has 0 bridgehead atoms. The Hall–Kier alpha value is -3.81. The molecule has 0 atom stereocenters. The van der Waals surface area contributed by atoms with Gasteiger partial charge in [0, 0.05) is 22.6 Å². The monoisotopic (exact) mass is 408 g/mol. The van der Waals surface area contributed by atoms with Crippen LogP contribution in [0, 0.1) is 25.5 Å². The smallest absolute Gasteiger partial charge is 0.249 e. The first-order valence-corrected chi connectivity index (χ1v) is 9.22. The van der Waals surface area contributed by atoms with Crippen molar-refractivity contribution in [2.45, 2.75) is 20.4 Å². The van der Waals surface area contributed by atoms with E-state index in [1.165, 1.54) is 30.3 Å². The van der Waals surface area contributed by atoms with Gasteiger partial charge in [-0.15, -0.1) is 10.2 Å². The van der Waals surface area contributed by atoms with E-state index in [9.17, 15) is 13.6 Å². The summed E-state index contributed by atoms with van der Waals surface area (Å²) in [5.41, 5.74) is 3.31. The zero-order valence-electron chi connectivity index (χ0n) is 16.3. The lowest BCUT2D eigenvalue weighted by molar-refractivity contribution is -0.116. The van der Waals surface area contributed by atoms with Crippen molar-refractivity contribution < 1.29 is 18.0 Å². The number of aromatic nitrogens is 3. The third-order valence-electron chi connectivity index (χ3n) is 4.73. The quantitative estimate of drug-likeness (QED) is 0.518. The van der Waals surface area contributed by atoms with Crippen molar-refractivity contribution in [1.82, 2.24) is 14.8 Å². The van der Waals surface area contributed by atoms with Crippen LogP contribution in [-0.2, 0) is 11.3 Å². The molecule has 0 saturated carbocycles. The van der Waals surface area contributed by atoms with E-state index < -0.39 is 5.82 Å². The Morgan fingerprint density at radius 3 is 2.47 bits per heavy atom. The Kier molecular flexibility index (Phi) is 5.14. The molecular weight excluding hydrogens is 390 g/mol. The summed E-state index contributed by atoms with van der Waals surface area (Å²) in [6.45, 7) is 3.76. The second-order valence-corrected chi connectivity index (χ2v) is 6.85. The molecule has 0 fully saturated rings. The van der Waals surface area contributed by atoms with Crippen LogP contribution < -0.4 is 5.32 Å². The van der Waals surface area contributed by atoms with Crippen LogP contribution >= 0.6 is 0 Å². The predicted molar refractivity (Wildman–Crippen MR) is 108 cm³/mol. The number of aryl methyl sites for hydroxylation is 1. The number of hydrogen-bond donors (Lipinski definition) is 1. The van der Waals surface area contributed by atoms with Gasteiger partial charge in [-0.3, -0.25) is 4.79 Å². The number of anilines is 1. The largest absolute Gasteiger partial charge is 0.416 e. The van der Waals surface area contributed by atoms with E-state index in [1.807, 2.05) is 24.5 Å². The number of nitrogens with one attached hydrogen (secondary N) is 1. The third kappa shape index (κ3) is 3.98. The number of halogens is 2. The second-order valence-electron chi connectivity index (χ2n) is 6.85. The summed E-state index contributed by atoms with van der Waals surface area (Å²) in [7, 11) is 0. The van der Waals surface area contributed by atoms with Crippen LogP contribution in [0.2, 0.25) is 0 Å². The van der Waals surface area contributed by atoms with E-state index in [0.29, 0.717) is 22.7 Å². The Balaban J connectivity index is 1.55. The number of benzene rings is 2. The van der Waals surface area contributed by atoms with Crippen LogP contribution in [-0.4, -0.2) is 20.7 Å². The molecule has 1 N–H and O–H groups in total. The lowest BCUT2D eigenvalue weighted by Crippen LogP contribution is -2.20. The molecule has 1 amide bonds. The fourth-order valence-corrected chi connectivity index (χ4v) is 3.21. The van der Waals surface area contributed by atoms with Gasteiger partial charge in [0.1, 0.15) is 18.2 Å². The maximum Gasteiger partial charge on any atom is 0.249 e. The molecular formula is C22H18F2N4O2. The molecule has 0 unspecified atom stereocenters. The molecule has 2 aromatic heterocycles. The molecule has 0 aliphatic heterocycles. The standard InChI is InChI=1S/C22H18F2N4O2/c1-13-10-19(22-27-26-21(30-22)15-6-8-16(23)9-7-15)14(2)28(13)12-20(29)25-18-5-3-4-17(24)11-18/h3-11H,12H2,1-2H3,(H,25,29).